The normalized spacial score (nSPS) is 13.9. The van der Waals surface area contributed by atoms with Gasteiger partial charge in [0.1, 0.15) is 17.9 Å². The van der Waals surface area contributed by atoms with Gasteiger partial charge in [-0.15, -0.1) is 5.10 Å². The zero-order valence-electron chi connectivity index (χ0n) is 18.8. The van der Waals surface area contributed by atoms with E-state index in [-0.39, 0.29) is 11.7 Å². The molecule has 1 aliphatic heterocycles. The topological polar surface area (TPSA) is 89.3 Å². The molecule has 1 aliphatic rings. The predicted octanol–water partition coefficient (Wildman–Crippen LogP) is 2.64. The molecule has 2 aromatic carbocycles. The van der Waals surface area contributed by atoms with Crippen LogP contribution in [0.25, 0.3) is 16.9 Å². The lowest BCUT2D eigenvalue weighted by atomic mass is 10.1. The Morgan fingerprint density at radius 3 is 2.44 bits per heavy atom. The van der Waals surface area contributed by atoms with Gasteiger partial charge in [0, 0.05) is 26.2 Å². The summed E-state index contributed by atoms with van der Waals surface area (Å²) in [6, 6.07) is 13.6. The number of nitrogens with zero attached hydrogens (tertiary/aromatic N) is 7. The van der Waals surface area contributed by atoms with Crippen LogP contribution in [0.3, 0.4) is 0 Å². The van der Waals surface area contributed by atoms with Gasteiger partial charge in [-0.1, -0.05) is 17.3 Å². The second-order valence-electron chi connectivity index (χ2n) is 7.97. The maximum absolute atomic E-state index is 13.3. The van der Waals surface area contributed by atoms with Crippen LogP contribution in [0.4, 0.5) is 10.2 Å². The third-order valence-electron chi connectivity index (χ3n) is 5.81. The molecule has 0 aliphatic carbocycles. The van der Waals surface area contributed by atoms with E-state index in [0.29, 0.717) is 61.9 Å². The van der Waals surface area contributed by atoms with Gasteiger partial charge < -0.3 is 14.5 Å². The van der Waals surface area contributed by atoms with Crippen molar-refractivity contribution in [3.63, 3.8) is 0 Å². The molecule has 10 heteroatoms. The average molecular weight is 462 g/mol. The molecule has 3 heterocycles. The Kier molecular flexibility index (Phi) is 6.03. The van der Waals surface area contributed by atoms with Gasteiger partial charge in [-0.05, 0) is 48.9 Å². The summed E-state index contributed by atoms with van der Waals surface area (Å²) in [4.78, 5) is 25.6. The maximum atomic E-state index is 13.3. The Labute approximate surface area is 195 Å². The van der Waals surface area contributed by atoms with Gasteiger partial charge >= 0.3 is 0 Å². The molecule has 2 aromatic heterocycles. The number of amides is 1. The standard InChI is InChI=1S/C24H24FN7O2/c1-2-34-20-9-3-17(4-10-20)15-21(33)30-11-13-31(14-12-30)23-22-24(27-16-26-23)32(29-28-22)19-7-5-18(25)6-8-19/h3-10,16H,2,11-15H2,1H3. The number of fused-ring (bicyclic) bond motifs is 1. The first-order valence-electron chi connectivity index (χ1n) is 11.2. The molecule has 0 radical (unpaired) electrons. The molecule has 0 unspecified atom stereocenters. The number of benzene rings is 2. The van der Waals surface area contributed by atoms with Crippen molar-refractivity contribution < 1.29 is 13.9 Å². The lowest BCUT2D eigenvalue weighted by Crippen LogP contribution is -2.49. The average Bonchev–Trinajstić information content (AvgIpc) is 3.30. The van der Waals surface area contributed by atoms with E-state index in [9.17, 15) is 9.18 Å². The number of carbonyl (C=O) groups is 1. The predicted molar refractivity (Wildman–Crippen MR) is 125 cm³/mol. The van der Waals surface area contributed by atoms with E-state index in [0.717, 1.165) is 11.3 Å². The SMILES string of the molecule is CCOc1ccc(CC(=O)N2CCN(c3ncnc4c3nnn4-c3ccc(F)cc3)CC2)cc1. The molecule has 0 N–H and O–H groups in total. The Morgan fingerprint density at radius 1 is 1.00 bits per heavy atom. The van der Waals surface area contributed by atoms with Crippen LogP contribution >= 0.6 is 0 Å². The molecule has 174 valence electrons. The minimum Gasteiger partial charge on any atom is -0.494 e. The maximum Gasteiger partial charge on any atom is 0.227 e. The van der Waals surface area contributed by atoms with Crippen LogP contribution in [-0.4, -0.2) is 68.6 Å². The first kappa shape index (κ1) is 21.7. The van der Waals surface area contributed by atoms with Crippen LogP contribution < -0.4 is 9.64 Å². The molecule has 0 spiro atoms. The smallest absolute Gasteiger partial charge is 0.227 e. The highest BCUT2D eigenvalue weighted by molar-refractivity contribution is 5.84. The van der Waals surface area contributed by atoms with Crippen molar-refractivity contribution in [3.8, 4) is 11.4 Å². The van der Waals surface area contributed by atoms with Crippen molar-refractivity contribution >= 4 is 22.9 Å². The minimum atomic E-state index is -0.321. The van der Waals surface area contributed by atoms with E-state index in [1.807, 2.05) is 36.1 Å². The Morgan fingerprint density at radius 2 is 1.74 bits per heavy atom. The number of carbonyl (C=O) groups excluding carboxylic acids is 1. The number of anilines is 1. The fourth-order valence-electron chi connectivity index (χ4n) is 4.05. The van der Waals surface area contributed by atoms with Gasteiger partial charge in [-0.25, -0.2) is 14.4 Å². The molecule has 0 bridgehead atoms. The summed E-state index contributed by atoms with van der Waals surface area (Å²) in [6.45, 7) is 5.00. The second-order valence-corrected chi connectivity index (χ2v) is 7.97. The van der Waals surface area contributed by atoms with Crippen LogP contribution in [0, 0.1) is 5.82 Å². The van der Waals surface area contributed by atoms with Crippen molar-refractivity contribution in [3.05, 3.63) is 66.2 Å². The highest BCUT2D eigenvalue weighted by Gasteiger charge is 2.25. The number of halogens is 1. The molecule has 1 saturated heterocycles. The van der Waals surface area contributed by atoms with Gasteiger partial charge in [0.2, 0.25) is 5.91 Å². The molecule has 0 saturated carbocycles. The van der Waals surface area contributed by atoms with E-state index in [1.165, 1.54) is 18.5 Å². The first-order chi connectivity index (χ1) is 16.6. The summed E-state index contributed by atoms with van der Waals surface area (Å²) < 4.78 is 20.3. The molecule has 0 atom stereocenters. The Balaban J connectivity index is 1.26. The molecule has 9 nitrogen and oxygen atoms in total. The van der Waals surface area contributed by atoms with E-state index in [1.54, 1.807) is 16.8 Å². The monoisotopic (exact) mass is 461 g/mol. The third kappa shape index (κ3) is 4.39. The van der Waals surface area contributed by atoms with Gasteiger partial charge in [0.25, 0.3) is 0 Å². The van der Waals surface area contributed by atoms with Crippen molar-refractivity contribution in [1.29, 1.82) is 0 Å². The minimum absolute atomic E-state index is 0.0962. The second kappa shape index (κ2) is 9.42. The lowest BCUT2D eigenvalue weighted by molar-refractivity contribution is -0.130. The zero-order valence-corrected chi connectivity index (χ0v) is 18.8. The van der Waals surface area contributed by atoms with Gasteiger partial charge in [-0.2, -0.15) is 4.68 Å². The molecule has 5 rings (SSSR count). The van der Waals surface area contributed by atoms with Gasteiger partial charge in [0.15, 0.2) is 17.0 Å². The molecule has 1 amide bonds. The highest BCUT2D eigenvalue weighted by atomic mass is 19.1. The zero-order chi connectivity index (χ0) is 23.5. The van der Waals surface area contributed by atoms with Crippen LogP contribution in [0.1, 0.15) is 12.5 Å². The lowest BCUT2D eigenvalue weighted by Gasteiger charge is -2.35. The fourth-order valence-corrected chi connectivity index (χ4v) is 4.05. The van der Waals surface area contributed by atoms with Crippen LogP contribution in [0.2, 0.25) is 0 Å². The summed E-state index contributed by atoms with van der Waals surface area (Å²) in [6.07, 6.45) is 1.83. The number of rotatable bonds is 6. The number of hydrogen-bond acceptors (Lipinski definition) is 7. The first-order valence-corrected chi connectivity index (χ1v) is 11.2. The molecule has 1 fully saturated rings. The van der Waals surface area contributed by atoms with Crippen LogP contribution in [-0.2, 0) is 11.2 Å². The van der Waals surface area contributed by atoms with E-state index in [2.05, 4.69) is 25.2 Å². The van der Waals surface area contributed by atoms with Gasteiger partial charge in [0.05, 0.1) is 18.7 Å². The van der Waals surface area contributed by atoms with Gasteiger partial charge in [-0.3, -0.25) is 4.79 Å². The number of ether oxygens (including phenoxy) is 1. The van der Waals surface area contributed by atoms with Crippen molar-refractivity contribution in [2.75, 3.05) is 37.7 Å². The highest BCUT2D eigenvalue weighted by Crippen LogP contribution is 2.24. The van der Waals surface area contributed by atoms with Crippen LogP contribution in [0.5, 0.6) is 5.75 Å². The summed E-state index contributed by atoms with van der Waals surface area (Å²) in [7, 11) is 0. The molecular weight excluding hydrogens is 437 g/mol. The van der Waals surface area contributed by atoms with Crippen LogP contribution in [0.15, 0.2) is 54.9 Å². The summed E-state index contributed by atoms with van der Waals surface area (Å²) in [5, 5.41) is 8.48. The molecule has 34 heavy (non-hydrogen) atoms. The van der Waals surface area contributed by atoms with E-state index < -0.39 is 0 Å². The summed E-state index contributed by atoms with van der Waals surface area (Å²) in [5.41, 5.74) is 2.75. The van der Waals surface area contributed by atoms with Crippen molar-refractivity contribution in [2.45, 2.75) is 13.3 Å². The third-order valence-corrected chi connectivity index (χ3v) is 5.81. The van der Waals surface area contributed by atoms with E-state index >= 15 is 0 Å². The van der Waals surface area contributed by atoms with E-state index in [4.69, 9.17) is 4.74 Å². The largest absolute Gasteiger partial charge is 0.494 e. The number of aromatic nitrogens is 5. The Bertz CT molecular complexity index is 1280. The van der Waals surface area contributed by atoms with Crippen molar-refractivity contribution in [1.82, 2.24) is 29.9 Å². The Hall–Kier alpha value is -4.08. The summed E-state index contributed by atoms with van der Waals surface area (Å²) in [5.74, 6) is 1.26. The molecular formula is C24H24FN7O2. The quantitative estimate of drug-likeness (QED) is 0.436. The number of hydrogen-bond donors (Lipinski definition) is 0. The number of piperazine rings is 1. The van der Waals surface area contributed by atoms with Crippen molar-refractivity contribution in [2.24, 2.45) is 0 Å². The summed E-state index contributed by atoms with van der Waals surface area (Å²) >= 11 is 0. The fraction of sp³-hybridized carbons (Fsp3) is 0.292. The molecule has 4 aromatic rings.